The van der Waals surface area contributed by atoms with Crippen molar-refractivity contribution in [2.24, 2.45) is 5.92 Å². The van der Waals surface area contributed by atoms with E-state index in [9.17, 15) is 0 Å². The molecule has 5 fully saturated rings. The Balaban J connectivity index is 0.000000164. The van der Waals surface area contributed by atoms with E-state index in [1.807, 2.05) is 17.3 Å². The molecule has 32 heavy (non-hydrogen) atoms. The average molecular weight is 568 g/mol. The molecule has 0 aromatic rings. The normalized spacial score (nSPS) is 31.0. The van der Waals surface area contributed by atoms with Gasteiger partial charge >= 0.3 is 27.0 Å². The summed E-state index contributed by atoms with van der Waals surface area (Å²) in [5.74, 6) is 3.41. The first-order valence-corrected chi connectivity index (χ1v) is 15.8. The van der Waals surface area contributed by atoms with Crippen LogP contribution in [0.25, 0.3) is 0 Å². The molecule has 5 nitrogen and oxygen atoms in total. The van der Waals surface area contributed by atoms with Crippen LogP contribution in [0.15, 0.2) is 12.4 Å². The third-order valence-electron chi connectivity index (χ3n) is 5.88. The average Bonchev–Trinajstić information content (AvgIpc) is 3.19. The second kappa shape index (κ2) is 15.5. The van der Waals surface area contributed by atoms with Crippen LogP contribution in [0.1, 0.15) is 40.5 Å². The van der Waals surface area contributed by atoms with Crippen LogP contribution in [-0.4, -0.2) is 83.6 Å². The van der Waals surface area contributed by atoms with Gasteiger partial charge in [-0.2, -0.15) is 0 Å². The molecular weight excluding hydrogens is 526 g/mol. The Morgan fingerprint density at radius 2 is 1.44 bits per heavy atom. The standard InChI is InChI=1S/C10H14.C8H16N2.C6H12N3P.ClH.Ru/c1-8(2)10-6-4-9(3)5-7-10;1-3-4-5-10-7-6-9(2)8-10;1-7-2-9-3-8(1)5-10(4-7)6-9;;/h4-8H,1-3H3;6-7H,3-5,8H2,1-2H3;1-6H2;1H;/q;;;;+2/p-1. The van der Waals surface area contributed by atoms with Crippen LogP contribution in [0.4, 0.5) is 0 Å². The van der Waals surface area contributed by atoms with Gasteiger partial charge in [-0.05, 0) is 49.9 Å². The molecule has 0 unspecified atom stereocenters. The van der Waals surface area contributed by atoms with E-state index >= 15 is 0 Å². The van der Waals surface area contributed by atoms with Crippen molar-refractivity contribution < 1.29 is 17.3 Å². The fourth-order valence-electron chi connectivity index (χ4n) is 4.28. The zero-order valence-electron chi connectivity index (χ0n) is 20.5. The molecule has 1 aliphatic carbocycles. The van der Waals surface area contributed by atoms with Gasteiger partial charge in [-0.25, -0.2) is 0 Å². The van der Waals surface area contributed by atoms with Gasteiger partial charge in [-0.1, -0.05) is 42.0 Å². The molecule has 0 atom stereocenters. The summed E-state index contributed by atoms with van der Waals surface area (Å²) in [6.45, 7) is 14.8. The van der Waals surface area contributed by atoms with Gasteiger partial charge in [-0.15, -0.1) is 0 Å². The molecule has 0 aromatic carbocycles. The number of halogens is 1. The minimum atomic E-state index is 0.366. The molecule has 5 aliphatic heterocycles. The van der Waals surface area contributed by atoms with Crippen molar-refractivity contribution in [1.29, 1.82) is 0 Å². The van der Waals surface area contributed by atoms with Crippen LogP contribution in [0.5, 0.6) is 0 Å². The zero-order valence-corrected chi connectivity index (χ0v) is 23.9. The summed E-state index contributed by atoms with van der Waals surface area (Å²) in [5.41, 5.74) is 0. The summed E-state index contributed by atoms with van der Waals surface area (Å²) in [6, 6.07) is 0. The molecule has 4 bridgehead atoms. The maximum atomic E-state index is 4.57. The van der Waals surface area contributed by atoms with Crippen molar-refractivity contribution in [3.63, 3.8) is 0 Å². The molecule has 6 rings (SSSR count). The summed E-state index contributed by atoms with van der Waals surface area (Å²) in [7, 11) is 7.03. The number of unbranched alkanes of at least 4 members (excludes halogenated alkanes) is 1. The predicted octanol–water partition coefficient (Wildman–Crippen LogP) is 4.95. The van der Waals surface area contributed by atoms with E-state index in [4.69, 9.17) is 0 Å². The molecule has 182 valence electrons. The third kappa shape index (κ3) is 10.0. The number of nitrogens with zero attached hydrogens (tertiary/aromatic N) is 5. The summed E-state index contributed by atoms with van der Waals surface area (Å²) >= 11 is 1.82. The first-order chi connectivity index (χ1) is 15.4. The molecule has 4 saturated heterocycles. The Labute approximate surface area is 214 Å². The van der Waals surface area contributed by atoms with Gasteiger partial charge in [0.1, 0.15) is 0 Å². The van der Waals surface area contributed by atoms with Crippen LogP contribution in [-0.2, 0) is 17.3 Å². The van der Waals surface area contributed by atoms with Crippen LogP contribution in [0.2, 0.25) is 0 Å². The Morgan fingerprint density at radius 1 is 0.906 bits per heavy atom. The number of rotatable bonds is 4. The zero-order chi connectivity index (χ0) is 23.5. The predicted molar refractivity (Wildman–Crippen MR) is 135 cm³/mol. The molecule has 1 saturated carbocycles. The Bertz CT molecular complexity index is 474. The van der Waals surface area contributed by atoms with Gasteiger partial charge in [0.05, 0.1) is 26.7 Å². The van der Waals surface area contributed by atoms with Crippen LogP contribution >= 0.6 is 17.6 Å². The van der Waals surface area contributed by atoms with E-state index in [0.29, 0.717) is 13.8 Å². The topological polar surface area (TPSA) is 16.2 Å². The number of hydrogen-bond donors (Lipinski definition) is 0. The number of hydrogen-bond acceptors (Lipinski definition) is 5. The Hall–Kier alpha value is 0.563. The quantitative estimate of drug-likeness (QED) is 0.352. The first-order valence-electron chi connectivity index (χ1n) is 11.6. The van der Waals surface area contributed by atoms with E-state index in [0.717, 1.165) is 6.67 Å². The van der Waals surface area contributed by atoms with Gasteiger partial charge in [0.15, 0.2) is 0 Å². The SMILES string of the molecule is C1N2CN3CN1CP(C2)C3.CCCCN1C=CN(C)C1.C[C]1[CH][CH][C](C(C)C)[CH][CH]1.[Cl][Ru+]. The van der Waals surface area contributed by atoms with E-state index < -0.39 is 0 Å². The summed E-state index contributed by atoms with van der Waals surface area (Å²) in [5, 5.41) is 0. The van der Waals surface area contributed by atoms with Gasteiger partial charge in [0, 0.05) is 44.8 Å². The van der Waals surface area contributed by atoms with E-state index in [-0.39, 0.29) is 0 Å². The fourth-order valence-corrected chi connectivity index (χ4v) is 6.78. The van der Waals surface area contributed by atoms with Crippen LogP contribution in [0, 0.1) is 43.4 Å². The van der Waals surface area contributed by atoms with Crippen LogP contribution in [0.3, 0.4) is 0 Å². The van der Waals surface area contributed by atoms with Gasteiger partial charge < -0.3 is 9.80 Å². The third-order valence-corrected chi connectivity index (χ3v) is 8.28. The van der Waals surface area contributed by atoms with Crippen molar-refractivity contribution >= 4 is 17.6 Å². The summed E-state index contributed by atoms with van der Waals surface area (Å²) < 4.78 is 0. The van der Waals surface area contributed by atoms with E-state index in [1.165, 1.54) is 70.1 Å². The van der Waals surface area contributed by atoms with Crippen molar-refractivity contribution in [3.8, 4) is 0 Å². The van der Waals surface area contributed by atoms with Gasteiger partial charge in [0.25, 0.3) is 0 Å². The van der Waals surface area contributed by atoms with Crippen molar-refractivity contribution in [3.05, 3.63) is 49.9 Å². The minimum absolute atomic E-state index is 0.366. The molecule has 6 radical (unpaired) electrons. The van der Waals surface area contributed by atoms with Gasteiger partial charge in [0.2, 0.25) is 0 Å². The summed E-state index contributed by atoms with van der Waals surface area (Å²) in [6.07, 6.45) is 19.8. The molecular formula is C24H42ClN5PRu+. The second-order valence-corrected chi connectivity index (χ2v) is 11.6. The molecule has 0 amide bonds. The van der Waals surface area contributed by atoms with Crippen LogP contribution < -0.4 is 0 Å². The van der Waals surface area contributed by atoms with E-state index in [1.54, 1.807) is 0 Å². The monoisotopic (exact) mass is 568 g/mol. The van der Waals surface area contributed by atoms with E-state index in [2.05, 4.69) is 107 Å². The molecule has 6 aliphatic rings. The molecule has 0 spiro atoms. The Morgan fingerprint density at radius 3 is 1.81 bits per heavy atom. The van der Waals surface area contributed by atoms with Crippen molar-refractivity contribution in [2.75, 3.05) is 59.1 Å². The second-order valence-electron chi connectivity index (χ2n) is 9.46. The molecule has 8 heteroatoms. The van der Waals surface area contributed by atoms with Gasteiger partial charge in [-0.3, -0.25) is 14.7 Å². The summed E-state index contributed by atoms with van der Waals surface area (Å²) in [4.78, 5) is 12.2. The maximum absolute atomic E-state index is 4.57. The molecule has 0 aromatic heterocycles. The molecule has 0 N–H and O–H groups in total. The first kappa shape index (κ1) is 28.8. The Kier molecular flexibility index (Phi) is 14.0. The molecule has 5 heterocycles. The van der Waals surface area contributed by atoms with Crippen molar-refractivity contribution in [1.82, 2.24) is 24.5 Å². The fraction of sp³-hybridized carbons (Fsp3) is 0.667. The van der Waals surface area contributed by atoms with Crippen molar-refractivity contribution in [2.45, 2.75) is 40.5 Å².